The zero-order valence-corrected chi connectivity index (χ0v) is 10.7. The molecule has 1 aromatic rings. The van der Waals surface area contributed by atoms with Crippen LogP contribution < -0.4 is 5.32 Å². The van der Waals surface area contributed by atoms with Gasteiger partial charge in [-0.1, -0.05) is 12.1 Å². The summed E-state index contributed by atoms with van der Waals surface area (Å²) in [5.41, 5.74) is 1.81. The van der Waals surface area contributed by atoms with E-state index in [1.807, 2.05) is 32.0 Å². The zero-order valence-electron chi connectivity index (χ0n) is 10.7. The van der Waals surface area contributed by atoms with E-state index in [4.69, 9.17) is 4.74 Å². The topological polar surface area (TPSA) is 58.6 Å². The first-order chi connectivity index (χ1) is 7.89. The van der Waals surface area contributed by atoms with Gasteiger partial charge in [0.2, 0.25) is 0 Å². The van der Waals surface area contributed by atoms with Gasteiger partial charge in [0.15, 0.2) is 5.54 Å². The Morgan fingerprint density at radius 2 is 2.12 bits per heavy atom. The molecule has 1 unspecified atom stereocenters. The maximum Gasteiger partial charge on any atom is 0.331 e. The van der Waals surface area contributed by atoms with Crippen LogP contribution in [0.2, 0.25) is 0 Å². The first-order valence-corrected chi connectivity index (χ1v) is 5.47. The van der Waals surface area contributed by atoms with Crippen molar-refractivity contribution < 1.29 is 14.6 Å². The summed E-state index contributed by atoms with van der Waals surface area (Å²) in [6.07, 6.45) is 0. The summed E-state index contributed by atoms with van der Waals surface area (Å²) < 4.78 is 4.97. The van der Waals surface area contributed by atoms with Gasteiger partial charge in [0.1, 0.15) is 0 Å². The van der Waals surface area contributed by atoms with Crippen molar-refractivity contribution in [2.24, 2.45) is 0 Å². The number of carboxylic acids is 1. The molecule has 1 aromatic carbocycles. The van der Waals surface area contributed by atoms with Crippen molar-refractivity contribution in [1.82, 2.24) is 0 Å². The van der Waals surface area contributed by atoms with E-state index in [9.17, 15) is 9.90 Å². The number of carboxylic acid groups (broad SMARTS) is 1. The smallest absolute Gasteiger partial charge is 0.331 e. The monoisotopic (exact) mass is 237 g/mol. The predicted octanol–water partition coefficient (Wildman–Crippen LogP) is 2.21. The van der Waals surface area contributed by atoms with E-state index in [0.717, 1.165) is 16.8 Å². The molecule has 94 valence electrons. The third-order valence-electron chi connectivity index (χ3n) is 2.71. The van der Waals surface area contributed by atoms with Crippen molar-refractivity contribution in [3.8, 4) is 0 Å². The van der Waals surface area contributed by atoms with Crippen LogP contribution in [0.4, 0.5) is 5.69 Å². The van der Waals surface area contributed by atoms with E-state index in [2.05, 4.69) is 5.32 Å². The van der Waals surface area contributed by atoms with Gasteiger partial charge in [-0.15, -0.1) is 0 Å². The number of aryl methyl sites for hydroxylation is 2. The maximum absolute atomic E-state index is 11.3. The van der Waals surface area contributed by atoms with Crippen molar-refractivity contribution in [3.05, 3.63) is 29.3 Å². The molecule has 0 amide bonds. The number of hydrogen-bond donors (Lipinski definition) is 2. The average molecular weight is 237 g/mol. The molecule has 0 radical (unpaired) electrons. The van der Waals surface area contributed by atoms with Gasteiger partial charge in [0, 0.05) is 12.8 Å². The summed E-state index contributed by atoms with van der Waals surface area (Å²) in [6, 6.07) is 5.90. The summed E-state index contributed by atoms with van der Waals surface area (Å²) in [5.74, 6) is -0.930. The van der Waals surface area contributed by atoms with Crippen LogP contribution in [0.1, 0.15) is 18.1 Å². The lowest BCUT2D eigenvalue weighted by atomic mass is 10.0. The molecule has 4 heteroatoms. The Kier molecular flexibility index (Phi) is 4.12. The number of carbonyl (C=O) groups is 1. The van der Waals surface area contributed by atoms with E-state index >= 15 is 0 Å². The molecule has 0 saturated carbocycles. The standard InChI is InChI=1S/C13H19NO3/c1-9-5-6-10(2)11(7-9)14-13(3,8-17-4)12(15)16/h5-7,14H,8H2,1-4H3,(H,15,16). The van der Waals surface area contributed by atoms with Gasteiger partial charge in [-0.25, -0.2) is 4.79 Å². The van der Waals surface area contributed by atoms with E-state index in [1.54, 1.807) is 6.92 Å². The molecule has 0 heterocycles. The number of nitrogens with one attached hydrogen (secondary N) is 1. The Balaban J connectivity index is 3.01. The molecule has 1 rings (SSSR count). The molecule has 0 aromatic heterocycles. The van der Waals surface area contributed by atoms with Crippen LogP contribution in [0.3, 0.4) is 0 Å². The fourth-order valence-corrected chi connectivity index (χ4v) is 1.61. The molecule has 4 nitrogen and oxygen atoms in total. The number of benzene rings is 1. The third-order valence-corrected chi connectivity index (χ3v) is 2.71. The SMILES string of the molecule is COCC(C)(Nc1cc(C)ccc1C)C(=O)O. The summed E-state index contributed by atoms with van der Waals surface area (Å²) in [4.78, 5) is 11.3. The minimum atomic E-state index is -1.12. The lowest BCUT2D eigenvalue weighted by Crippen LogP contribution is -2.47. The van der Waals surface area contributed by atoms with E-state index in [0.29, 0.717) is 0 Å². The predicted molar refractivity (Wildman–Crippen MR) is 67.5 cm³/mol. The second kappa shape index (κ2) is 5.19. The molecule has 0 aliphatic rings. The van der Waals surface area contributed by atoms with Crippen LogP contribution in [0.15, 0.2) is 18.2 Å². The van der Waals surface area contributed by atoms with Crippen molar-refractivity contribution >= 4 is 11.7 Å². The van der Waals surface area contributed by atoms with Crippen molar-refractivity contribution in [2.45, 2.75) is 26.3 Å². The Labute approximate surface area is 102 Å². The minimum Gasteiger partial charge on any atom is -0.479 e. The van der Waals surface area contributed by atoms with E-state index < -0.39 is 11.5 Å². The molecular formula is C13H19NO3. The fraction of sp³-hybridized carbons (Fsp3) is 0.462. The summed E-state index contributed by atoms with van der Waals surface area (Å²) >= 11 is 0. The van der Waals surface area contributed by atoms with Gasteiger partial charge in [-0.05, 0) is 38.0 Å². The number of hydrogen-bond acceptors (Lipinski definition) is 3. The lowest BCUT2D eigenvalue weighted by molar-refractivity contribution is -0.143. The van der Waals surface area contributed by atoms with Gasteiger partial charge in [0.25, 0.3) is 0 Å². The van der Waals surface area contributed by atoms with Crippen LogP contribution in [-0.2, 0) is 9.53 Å². The first kappa shape index (κ1) is 13.5. The van der Waals surface area contributed by atoms with Crippen LogP contribution >= 0.6 is 0 Å². The molecule has 0 spiro atoms. The van der Waals surface area contributed by atoms with Crippen LogP contribution in [0, 0.1) is 13.8 Å². The lowest BCUT2D eigenvalue weighted by Gasteiger charge is -2.27. The van der Waals surface area contributed by atoms with Gasteiger partial charge >= 0.3 is 5.97 Å². The van der Waals surface area contributed by atoms with Crippen molar-refractivity contribution in [2.75, 3.05) is 19.0 Å². The average Bonchev–Trinajstić information content (AvgIpc) is 2.23. The van der Waals surface area contributed by atoms with E-state index in [-0.39, 0.29) is 6.61 Å². The minimum absolute atomic E-state index is 0.107. The molecule has 2 N–H and O–H groups in total. The Hall–Kier alpha value is -1.55. The highest BCUT2D eigenvalue weighted by molar-refractivity contribution is 5.83. The van der Waals surface area contributed by atoms with Crippen molar-refractivity contribution in [1.29, 1.82) is 0 Å². The van der Waals surface area contributed by atoms with Gasteiger partial charge < -0.3 is 15.2 Å². The molecular weight excluding hydrogens is 218 g/mol. The normalized spacial score (nSPS) is 14.1. The largest absolute Gasteiger partial charge is 0.479 e. The Morgan fingerprint density at radius 3 is 2.65 bits per heavy atom. The Morgan fingerprint density at radius 1 is 1.47 bits per heavy atom. The number of ether oxygens (including phenoxy) is 1. The highest BCUT2D eigenvalue weighted by Crippen LogP contribution is 2.21. The zero-order chi connectivity index (χ0) is 13.1. The van der Waals surface area contributed by atoms with Crippen LogP contribution in [0.25, 0.3) is 0 Å². The summed E-state index contributed by atoms with van der Waals surface area (Å²) in [7, 11) is 1.49. The van der Waals surface area contributed by atoms with Crippen molar-refractivity contribution in [3.63, 3.8) is 0 Å². The number of anilines is 1. The second-order valence-electron chi connectivity index (χ2n) is 4.51. The van der Waals surface area contributed by atoms with E-state index in [1.165, 1.54) is 7.11 Å². The second-order valence-corrected chi connectivity index (χ2v) is 4.51. The molecule has 0 aliphatic carbocycles. The molecule has 17 heavy (non-hydrogen) atoms. The first-order valence-electron chi connectivity index (χ1n) is 5.47. The molecule has 1 atom stereocenters. The number of rotatable bonds is 5. The Bertz CT molecular complexity index is 417. The third kappa shape index (κ3) is 3.20. The van der Waals surface area contributed by atoms with Gasteiger partial charge in [-0.3, -0.25) is 0 Å². The maximum atomic E-state index is 11.3. The number of aliphatic carboxylic acids is 1. The molecule has 0 saturated heterocycles. The molecule has 0 aliphatic heterocycles. The summed E-state index contributed by atoms with van der Waals surface area (Å²) in [6.45, 7) is 5.63. The molecule has 0 fully saturated rings. The quantitative estimate of drug-likeness (QED) is 0.824. The highest BCUT2D eigenvalue weighted by atomic mass is 16.5. The highest BCUT2D eigenvalue weighted by Gasteiger charge is 2.33. The summed E-state index contributed by atoms with van der Waals surface area (Å²) in [5, 5.41) is 12.3. The number of methoxy groups -OCH3 is 1. The van der Waals surface area contributed by atoms with Gasteiger partial charge in [-0.2, -0.15) is 0 Å². The van der Waals surface area contributed by atoms with Gasteiger partial charge in [0.05, 0.1) is 6.61 Å². The fourth-order valence-electron chi connectivity index (χ4n) is 1.61. The molecule has 0 bridgehead atoms. The van der Waals surface area contributed by atoms with Crippen LogP contribution in [-0.4, -0.2) is 30.3 Å². The van der Waals surface area contributed by atoms with Crippen LogP contribution in [0.5, 0.6) is 0 Å².